The molecule has 2 N–H and O–H groups in total. The third-order valence-electron chi connectivity index (χ3n) is 2.06. The van der Waals surface area contributed by atoms with Crippen molar-refractivity contribution in [2.45, 2.75) is 24.8 Å². The molecule has 14 heavy (non-hydrogen) atoms. The molecule has 0 radical (unpaired) electrons. The Morgan fingerprint density at radius 1 is 1.36 bits per heavy atom. The molecule has 0 saturated heterocycles. The van der Waals surface area contributed by atoms with Crippen LogP contribution in [0.4, 0.5) is 0 Å². The average Bonchev–Trinajstić information content (AvgIpc) is 2.01. The highest BCUT2D eigenvalue weighted by Crippen LogP contribution is 2.22. The molecule has 0 heterocycles. The maximum atomic E-state index is 11.4. The fraction of sp³-hybridized carbons (Fsp3) is 0.400. The van der Waals surface area contributed by atoms with Gasteiger partial charge < -0.3 is 5.73 Å². The second-order valence-corrected chi connectivity index (χ2v) is 5.59. The summed E-state index contributed by atoms with van der Waals surface area (Å²) in [5.41, 5.74) is 7.42. The molecule has 1 rings (SSSR count). The van der Waals surface area contributed by atoms with Crippen LogP contribution in [0.2, 0.25) is 0 Å². The van der Waals surface area contributed by atoms with E-state index >= 15 is 0 Å². The average molecular weight is 213 g/mol. The van der Waals surface area contributed by atoms with Crippen LogP contribution in [0.15, 0.2) is 23.1 Å². The molecular weight excluding hydrogens is 198 g/mol. The van der Waals surface area contributed by atoms with Crippen molar-refractivity contribution in [3.8, 4) is 0 Å². The fourth-order valence-electron chi connectivity index (χ4n) is 1.36. The second kappa shape index (κ2) is 3.71. The molecule has 0 bridgehead atoms. The van der Waals surface area contributed by atoms with E-state index in [1.54, 1.807) is 19.1 Å². The zero-order valence-corrected chi connectivity index (χ0v) is 9.43. The predicted octanol–water partition coefficient (Wildman–Crippen LogP) is 1.42. The minimum Gasteiger partial charge on any atom is -0.324 e. The molecule has 0 aliphatic rings. The smallest absolute Gasteiger partial charge is 0.175 e. The van der Waals surface area contributed by atoms with Crippen LogP contribution in [0.1, 0.15) is 24.1 Å². The van der Waals surface area contributed by atoms with E-state index in [0.29, 0.717) is 10.5 Å². The summed E-state index contributed by atoms with van der Waals surface area (Å²) in [6, 6.07) is 4.95. The topological polar surface area (TPSA) is 60.2 Å². The van der Waals surface area contributed by atoms with Gasteiger partial charge in [0.15, 0.2) is 9.84 Å². The van der Waals surface area contributed by atoms with Crippen LogP contribution in [0.5, 0.6) is 0 Å². The number of sulfone groups is 1. The van der Waals surface area contributed by atoms with Crippen LogP contribution in [-0.2, 0) is 9.84 Å². The molecule has 1 atom stereocenters. The molecule has 3 nitrogen and oxygen atoms in total. The number of hydrogen-bond acceptors (Lipinski definition) is 3. The van der Waals surface area contributed by atoms with Crippen molar-refractivity contribution in [3.05, 3.63) is 29.3 Å². The Kier molecular flexibility index (Phi) is 2.97. The van der Waals surface area contributed by atoms with E-state index in [0.717, 1.165) is 5.56 Å². The van der Waals surface area contributed by atoms with Crippen molar-refractivity contribution in [2.75, 3.05) is 6.26 Å². The molecule has 1 aromatic rings. The molecule has 78 valence electrons. The molecule has 0 spiro atoms. The van der Waals surface area contributed by atoms with Gasteiger partial charge in [0.1, 0.15) is 0 Å². The Morgan fingerprint density at radius 3 is 2.36 bits per heavy atom. The SMILES string of the molecule is Cc1ccc(S(C)(=O)=O)c(C(C)N)c1. The lowest BCUT2D eigenvalue weighted by atomic mass is 10.1. The first kappa shape index (κ1) is 11.2. The van der Waals surface area contributed by atoms with E-state index in [4.69, 9.17) is 5.73 Å². The van der Waals surface area contributed by atoms with Crippen LogP contribution >= 0.6 is 0 Å². The fourth-order valence-corrected chi connectivity index (χ4v) is 2.35. The molecule has 0 aromatic heterocycles. The summed E-state index contributed by atoms with van der Waals surface area (Å²) in [6.45, 7) is 3.70. The highest BCUT2D eigenvalue weighted by Gasteiger charge is 2.15. The van der Waals surface area contributed by atoms with E-state index in [9.17, 15) is 8.42 Å². The molecule has 1 aromatic carbocycles. The summed E-state index contributed by atoms with van der Waals surface area (Å²) in [7, 11) is -3.18. The van der Waals surface area contributed by atoms with Gasteiger partial charge in [-0.1, -0.05) is 17.7 Å². The van der Waals surface area contributed by atoms with Gasteiger partial charge in [0.2, 0.25) is 0 Å². The van der Waals surface area contributed by atoms with E-state index < -0.39 is 9.84 Å². The normalized spacial score (nSPS) is 14.0. The largest absolute Gasteiger partial charge is 0.324 e. The van der Waals surface area contributed by atoms with E-state index in [1.807, 2.05) is 13.0 Å². The molecule has 0 amide bonds. The molecule has 0 aliphatic carbocycles. The van der Waals surface area contributed by atoms with Crippen LogP contribution < -0.4 is 5.73 Å². The maximum Gasteiger partial charge on any atom is 0.175 e. The summed E-state index contributed by atoms with van der Waals surface area (Å²) < 4.78 is 22.8. The van der Waals surface area contributed by atoms with Gasteiger partial charge in [0, 0.05) is 12.3 Å². The van der Waals surface area contributed by atoms with Crippen molar-refractivity contribution in [1.82, 2.24) is 0 Å². The van der Waals surface area contributed by atoms with Gasteiger partial charge in [-0.3, -0.25) is 0 Å². The van der Waals surface area contributed by atoms with Gasteiger partial charge in [0.25, 0.3) is 0 Å². The van der Waals surface area contributed by atoms with Crippen molar-refractivity contribution in [2.24, 2.45) is 5.73 Å². The van der Waals surface area contributed by atoms with E-state index in [1.165, 1.54) is 6.26 Å². The Balaban J connectivity index is 3.45. The highest BCUT2D eigenvalue weighted by atomic mass is 32.2. The van der Waals surface area contributed by atoms with Crippen LogP contribution in [0, 0.1) is 6.92 Å². The molecule has 0 fully saturated rings. The Labute approximate surface area is 84.9 Å². The molecule has 0 aliphatic heterocycles. The van der Waals surface area contributed by atoms with Crippen molar-refractivity contribution in [1.29, 1.82) is 0 Å². The van der Waals surface area contributed by atoms with Crippen molar-refractivity contribution >= 4 is 9.84 Å². The summed E-state index contributed by atoms with van der Waals surface area (Å²) in [6.07, 6.45) is 1.20. The Hall–Kier alpha value is -0.870. The minimum absolute atomic E-state index is 0.264. The second-order valence-electron chi connectivity index (χ2n) is 3.60. The van der Waals surface area contributed by atoms with Gasteiger partial charge in [-0.15, -0.1) is 0 Å². The Bertz CT molecular complexity index is 435. The molecule has 0 saturated carbocycles. The maximum absolute atomic E-state index is 11.4. The lowest BCUT2D eigenvalue weighted by Gasteiger charge is -2.11. The molecule has 4 heteroatoms. The van der Waals surface area contributed by atoms with Crippen molar-refractivity contribution in [3.63, 3.8) is 0 Å². The first-order chi connectivity index (χ1) is 6.32. The number of aryl methyl sites for hydroxylation is 1. The number of benzene rings is 1. The Morgan fingerprint density at radius 2 is 1.93 bits per heavy atom. The van der Waals surface area contributed by atoms with Gasteiger partial charge >= 0.3 is 0 Å². The molecule has 1 unspecified atom stereocenters. The third-order valence-corrected chi connectivity index (χ3v) is 3.23. The lowest BCUT2D eigenvalue weighted by molar-refractivity contribution is 0.599. The summed E-state index contributed by atoms with van der Waals surface area (Å²) in [5, 5.41) is 0. The van der Waals surface area contributed by atoms with Crippen LogP contribution in [0.3, 0.4) is 0 Å². The monoisotopic (exact) mass is 213 g/mol. The number of rotatable bonds is 2. The number of hydrogen-bond donors (Lipinski definition) is 1. The van der Waals surface area contributed by atoms with Gasteiger partial charge in [-0.2, -0.15) is 0 Å². The zero-order valence-electron chi connectivity index (χ0n) is 8.61. The summed E-state index contributed by atoms with van der Waals surface area (Å²) in [4.78, 5) is 0.332. The third kappa shape index (κ3) is 2.33. The number of nitrogens with two attached hydrogens (primary N) is 1. The first-order valence-electron chi connectivity index (χ1n) is 4.38. The highest BCUT2D eigenvalue weighted by molar-refractivity contribution is 7.90. The standard InChI is InChI=1S/C10H15NO2S/c1-7-4-5-10(14(3,12)13)9(6-7)8(2)11/h4-6,8H,11H2,1-3H3. The quantitative estimate of drug-likeness (QED) is 0.808. The lowest BCUT2D eigenvalue weighted by Crippen LogP contribution is -2.11. The summed E-state index contributed by atoms with van der Waals surface area (Å²) >= 11 is 0. The molecular formula is C10H15NO2S. The van der Waals surface area contributed by atoms with E-state index in [2.05, 4.69) is 0 Å². The van der Waals surface area contributed by atoms with Gasteiger partial charge in [-0.05, 0) is 25.5 Å². The minimum atomic E-state index is -3.18. The summed E-state index contributed by atoms with van der Waals surface area (Å²) in [5.74, 6) is 0. The van der Waals surface area contributed by atoms with Crippen LogP contribution in [0.25, 0.3) is 0 Å². The van der Waals surface area contributed by atoms with E-state index in [-0.39, 0.29) is 6.04 Å². The first-order valence-corrected chi connectivity index (χ1v) is 6.27. The van der Waals surface area contributed by atoms with Gasteiger partial charge in [0.05, 0.1) is 4.90 Å². The van der Waals surface area contributed by atoms with Gasteiger partial charge in [-0.25, -0.2) is 8.42 Å². The van der Waals surface area contributed by atoms with Crippen LogP contribution in [-0.4, -0.2) is 14.7 Å². The zero-order chi connectivity index (χ0) is 10.9. The predicted molar refractivity (Wildman–Crippen MR) is 56.9 cm³/mol. The van der Waals surface area contributed by atoms with Crippen molar-refractivity contribution < 1.29 is 8.42 Å².